The van der Waals surface area contributed by atoms with Gasteiger partial charge in [0, 0.05) is 29.3 Å². The van der Waals surface area contributed by atoms with Gasteiger partial charge in [0.1, 0.15) is 11.6 Å². The van der Waals surface area contributed by atoms with Gasteiger partial charge in [0.25, 0.3) is 0 Å². The molecule has 0 N–H and O–H groups in total. The summed E-state index contributed by atoms with van der Waals surface area (Å²) in [5, 5.41) is 0.524. The Kier molecular flexibility index (Phi) is 4.81. The Morgan fingerprint density at radius 3 is 2.62 bits per heavy atom. The van der Waals surface area contributed by atoms with Gasteiger partial charge in [-0.1, -0.05) is 18.0 Å². The molecule has 3 rings (SSSR count). The molecule has 1 aliphatic rings. The van der Waals surface area contributed by atoms with Crippen LogP contribution in [-0.2, 0) is 16.6 Å². The van der Waals surface area contributed by atoms with Gasteiger partial charge in [-0.15, -0.1) is 0 Å². The van der Waals surface area contributed by atoms with E-state index in [-0.39, 0.29) is 11.2 Å². The van der Waals surface area contributed by atoms with E-state index < -0.39 is 5.97 Å². The van der Waals surface area contributed by atoms with E-state index in [1.54, 1.807) is 19.1 Å². The number of hydrogen-bond donors (Lipinski definition) is 0. The molecule has 0 radical (unpaired) electrons. The minimum Gasteiger partial charge on any atom is -0.462 e. The van der Waals surface area contributed by atoms with E-state index in [1.165, 1.54) is 18.5 Å². The fourth-order valence-electron chi connectivity index (χ4n) is 3.12. The van der Waals surface area contributed by atoms with Crippen LogP contribution in [0.5, 0.6) is 0 Å². The first-order valence-electron chi connectivity index (χ1n) is 7.98. The van der Waals surface area contributed by atoms with E-state index in [9.17, 15) is 9.18 Å². The highest BCUT2D eigenvalue weighted by Gasteiger charge is 2.41. The van der Waals surface area contributed by atoms with Crippen molar-refractivity contribution >= 4 is 17.6 Å². The molecule has 1 heterocycles. The number of halogens is 2. The fourth-order valence-corrected chi connectivity index (χ4v) is 3.29. The van der Waals surface area contributed by atoms with Crippen molar-refractivity contribution in [3.8, 4) is 0 Å². The van der Waals surface area contributed by atoms with Crippen LogP contribution in [0.4, 0.5) is 4.39 Å². The minimum absolute atomic E-state index is 0.248. The van der Waals surface area contributed by atoms with E-state index in [2.05, 4.69) is 9.97 Å². The van der Waals surface area contributed by atoms with Crippen LogP contribution in [-0.4, -0.2) is 22.5 Å². The summed E-state index contributed by atoms with van der Waals surface area (Å²) in [5.41, 5.74) is 0.622. The predicted molar refractivity (Wildman–Crippen MR) is 88.6 cm³/mol. The van der Waals surface area contributed by atoms with Gasteiger partial charge in [0.05, 0.1) is 12.2 Å². The number of aromatic nitrogens is 2. The standard InChI is InChI=1S/C18H18ClFN2O2/c1-2-24-17(23)12-10-21-16(22-11-12)9-18(6-3-7-18)14-8-13(19)4-5-15(14)20/h4-5,8,10-11H,2-3,6-7,9H2,1H3. The largest absolute Gasteiger partial charge is 0.462 e. The van der Waals surface area contributed by atoms with Crippen LogP contribution in [0.15, 0.2) is 30.6 Å². The van der Waals surface area contributed by atoms with Crippen molar-refractivity contribution in [1.29, 1.82) is 0 Å². The van der Waals surface area contributed by atoms with Crippen molar-refractivity contribution in [2.75, 3.05) is 6.61 Å². The molecule has 24 heavy (non-hydrogen) atoms. The molecule has 1 fully saturated rings. The van der Waals surface area contributed by atoms with Crippen LogP contribution in [0.2, 0.25) is 5.02 Å². The Balaban J connectivity index is 1.83. The summed E-state index contributed by atoms with van der Waals surface area (Å²) in [5.74, 6) is -0.104. The molecule has 0 spiro atoms. The van der Waals surface area contributed by atoms with Gasteiger partial charge < -0.3 is 4.74 Å². The molecule has 1 aromatic carbocycles. The lowest BCUT2D eigenvalue weighted by molar-refractivity contribution is 0.0525. The van der Waals surface area contributed by atoms with Gasteiger partial charge in [0.15, 0.2) is 0 Å². The number of nitrogens with zero attached hydrogens (tertiary/aromatic N) is 2. The number of rotatable bonds is 5. The third-order valence-electron chi connectivity index (χ3n) is 4.52. The molecule has 0 amide bonds. The van der Waals surface area contributed by atoms with Gasteiger partial charge in [-0.25, -0.2) is 19.2 Å². The highest BCUT2D eigenvalue weighted by atomic mass is 35.5. The van der Waals surface area contributed by atoms with Crippen molar-refractivity contribution in [3.63, 3.8) is 0 Å². The zero-order valence-electron chi connectivity index (χ0n) is 13.4. The van der Waals surface area contributed by atoms with Crippen LogP contribution in [0.3, 0.4) is 0 Å². The van der Waals surface area contributed by atoms with E-state index >= 15 is 0 Å². The predicted octanol–water partition coefficient (Wildman–Crippen LogP) is 4.11. The summed E-state index contributed by atoms with van der Waals surface area (Å²) in [4.78, 5) is 20.2. The molecule has 0 aliphatic heterocycles. The zero-order valence-corrected chi connectivity index (χ0v) is 14.1. The van der Waals surface area contributed by atoms with Crippen molar-refractivity contribution in [2.45, 2.75) is 38.0 Å². The third kappa shape index (κ3) is 3.26. The van der Waals surface area contributed by atoms with Gasteiger partial charge in [-0.05, 0) is 43.5 Å². The summed E-state index contributed by atoms with van der Waals surface area (Å²) < 4.78 is 19.2. The number of hydrogen-bond acceptors (Lipinski definition) is 4. The van der Waals surface area contributed by atoms with Crippen molar-refractivity contribution in [2.24, 2.45) is 0 Å². The van der Waals surface area contributed by atoms with Crippen LogP contribution in [0.1, 0.15) is 47.9 Å². The highest BCUT2D eigenvalue weighted by molar-refractivity contribution is 6.30. The third-order valence-corrected chi connectivity index (χ3v) is 4.76. The molecule has 1 aromatic heterocycles. The lowest BCUT2D eigenvalue weighted by Gasteiger charge is -2.42. The zero-order chi connectivity index (χ0) is 17.2. The van der Waals surface area contributed by atoms with Crippen molar-refractivity contribution < 1.29 is 13.9 Å². The lowest BCUT2D eigenvalue weighted by Crippen LogP contribution is -2.38. The molecular weight excluding hydrogens is 331 g/mol. The van der Waals surface area contributed by atoms with Gasteiger partial charge in [0.2, 0.25) is 0 Å². The first-order valence-corrected chi connectivity index (χ1v) is 8.35. The smallest absolute Gasteiger partial charge is 0.341 e. The summed E-state index contributed by atoms with van der Waals surface area (Å²) in [7, 11) is 0. The average molecular weight is 349 g/mol. The summed E-state index contributed by atoms with van der Waals surface area (Å²) in [6, 6.07) is 4.66. The van der Waals surface area contributed by atoms with Crippen LogP contribution in [0.25, 0.3) is 0 Å². The van der Waals surface area contributed by atoms with Crippen LogP contribution in [0, 0.1) is 5.82 Å². The monoisotopic (exact) mass is 348 g/mol. The van der Waals surface area contributed by atoms with Gasteiger partial charge in [-0.2, -0.15) is 0 Å². The van der Waals surface area contributed by atoms with Crippen LogP contribution >= 0.6 is 11.6 Å². The minimum atomic E-state index is -0.441. The molecule has 0 atom stereocenters. The van der Waals surface area contributed by atoms with E-state index in [4.69, 9.17) is 16.3 Å². The molecule has 2 aromatic rings. The van der Waals surface area contributed by atoms with Gasteiger partial charge in [-0.3, -0.25) is 0 Å². The van der Waals surface area contributed by atoms with Crippen molar-refractivity contribution in [3.05, 3.63) is 58.4 Å². The van der Waals surface area contributed by atoms with Crippen LogP contribution < -0.4 is 0 Å². The Morgan fingerprint density at radius 2 is 2.04 bits per heavy atom. The normalized spacial score (nSPS) is 15.6. The number of ether oxygens (including phenoxy) is 1. The first kappa shape index (κ1) is 16.8. The fraction of sp³-hybridized carbons (Fsp3) is 0.389. The number of benzene rings is 1. The summed E-state index contributed by atoms with van der Waals surface area (Å²) in [6.07, 6.45) is 6.21. The number of esters is 1. The second kappa shape index (κ2) is 6.85. The topological polar surface area (TPSA) is 52.1 Å². The van der Waals surface area contributed by atoms with E-state index in [0.717, 1.165) is 19.3 Å². The molecule has 0 unspecified atom stereocenters. The second-order valence-corrected chi connectivity index (χ2v) is 6.48. The molecule has 0 bridgehead atoms. The molecule has 6 heteroatoms. The summed E-state index contributed by atoms with van der Waals surface area (Å²) in [6.45, 7) is 2.05. The van der Waals surface area contributed by atoms with E-state index in [0.29, 0.717) is 35.0 Å². The SMILES string of the molecule is CCOC(=O)c1cnc(CC2(c3cc(Cl)ccc3F)CCC2)nc1. The maximum absolute atomic E-state index is 14.3. The molecule has 1 saturated carbocycles. The Bertz CT molecular complexity index is 745. The molecule has 1 aliphatic carbocycles. The maximum Gasteiger partial charge on any atom is 0.341 e. The quantitative estimate of drug-likeness (QED) is 0.763. The average Bonchev–Trinajstić information content (AvgIpc) is 2.54. The molecular formula is C18H18ClFN2O2. The second-order valence-electron chi connectivity index (χ2n) is 6.04. The number of carbonyl (C=O) groups excluding carboxylic acids is 1. The summed E-state index contributed by atoms with van der Waals surface area (Å²) >= 11 is 6.04. The highest BCUT2D eigenvalue weighted by Crippen LogP contribution is 2.47. The van der Waals surface area contributed by atoms with Crippen molar-refractivity contribution in [1.82, 2.24) is 9.97 Å². The molecule has 126 valence electrons. The van der Waals surface area contributed by atoms with Gasteiger partial charge >= 0.3 is 5.97 Å². The lowest BCUT2D eigenvalue weighted by atomic mass is 9.62. The Hall–Kier alpha value is -2.01. The Labute approximate surface area is 145 Å². The molecule has 4 nitrogen and oxygen atoms in total. The number of carbonyl (C=O) groups is 1. The Morgan fingerprint density at radius 1 is 1.33 bits per heavy atom. The molecule has 0 saturated heterocycles. The van der Waals surface area contributed by atoms with E-state index in [1.807, 2.05) is 0 Å². The first-order chi connectivity index (χ1) is 11.5. The maximum atomic E-state index is 14.3.